The van der Waals surface area contributed by atoms with Crippen LogP contribution in [0.1, 0.15) is 67.4 Å². The second-order valence-electron chi connectivity index (χ2n) is 8.88. The maximum Gasteiger partial charge on any atom is 0.272 e. The molecule has 9 nitrogen and oxygen atoms in total. The van der Waals surface area contributed by atoms with Crippen LogP contribution >= 0.6 is 0 Å². The molecule has 4 rings (SSSR count). The van der Waals surface area contributed by atoms with Crippen LogP contribution in [0.5, 0.6) is 0 Å². The van der Waals surface area contributed by atoms with Gasteiger partial charge in [0.1, 0.15) is 23.3 Å². The van der Waals surface area contributed by atoms with Crippen LogP contribution in [0.2, 0.25) is 0 Å². The van der Waals surface area contributed by atoms with Gasteiger partial charge in [0.2, 0.25) is 5.91 Å². The fourth-order valence-corrected chi connectivity index (χ4v) is 4.63. The standard InChI is InChI=1S/C25H32N6O3/c1-4-31-14-13-20(29-31)24(32)28-23(18-9-7-5-6-8-10-18)25(33)27-21-12-11-19(15-26-21)22-16(2)30-34-17(22)3/h11-15,18,23H,4-10H2,1-3H3,(H,28,32)(H,26,27,33)/t23-/m0/s1. The highest BCUT2D eigenvalue weighted by Crippen LogP contribution is 2.28. The molecule has 3 aromatic heterocycles. The van der Waals surface area contributed by atoms with Crippen LogP contribution in [0.25, 0.3) is 11.1 Å². The van der Waals surface area contributed by atoms with Crippen molar-refractivity contribution >= 4 is 17.6 Å². The number of rotatable bonds is 7. The van der Waals surface area contributed by atoms with Crippen LogP contribution in [0.3, 0.4) is 0 Å². The zero-order valence-electron chi connectivity index (χ0n) is 20.0. The van der Waals surface area contributed by atoms with Gasteiger partial charge >= 0.3 is 0 Å². The van der Waals surface area contributed by atoms with Gasteiger partial charge in [-0.25, -0.2) is 4.98 Å². The lowest BCUT2D eigenvalue weighted by molar-refractivity contribution is -0.119. The minimum Gasteiger partial charge on any atom is -0.361 e. The lowest BCUT2D eigenvalue weighted by Gasteiger charge is -2.26. The van der Waals surface area contributed by atoms with Gasteiger partial charge in [-0.1, -0.05) is 30.8 Å². The van der Waals surface area contributed by atoms with Gasteiger partial charge in [0, 0.05) is 30.1 Å². The van der Waals surface area contributed by atoms with Crippen molar-refractivity contribution in [2.24, 2.45) is 5.92 Å². The van der Waals surface area contributed by atoms with E-state index in [1.165, 1.54) is 0 Å². The van der Waals surface area contributed by atoms with Gasteiger partial charge < -0.3 is 15.2 Å². The molecule has 1 fully saturated rings. The third kappa shape index (κ3) is 5.35. The van der Waals surface area contributed by atoms with Gasteiger partial charge in [0.15, 0.2) is 0 Å². The second kappa shape index (κ2) is 10.6. The van der Waals surface area contributed by atoms with Gasteiger partial charge in [-0.05, 0) is 57.7 Å². The number of aryl methyl sites for hydroxylation is 3. The Labute approximate surface area is 199 Å². The van der Waals surface area contributed by atoms with Gasteiger partial charge in [-0.2, -0.15) is 5.10 Å². The second-order valence-corrected chi connectivity index (χ2v) is 8.88. The lowest BCUT2D eigenvalue weighted by atomic mass is 9.91. The Bertz CT molecular complexity index is 1110. The number of aromatic nitrogens is 4. The fraction of sp³-hybridized carbons (Fsp3) is 0.480. The Morgan fingerprint density at radius 3 is 2.50 bits per heavy atom. The minimum atomic E-state index is -0.651. The van der Waals surface area contributed by atoms with Crippen LogP contribution in [0, 0.1) is 19.8 Å². The smallest absolute Gasteiger partial charge is 0.272 e. The van der Waals surface area contributed by atoms with Crippen molar-refractivity contribution in [3.8, 4) is 11.1 Å². The summed E-state index contributed by atoms with van der Waals surface area (Å²) >= 11 is 0. The zero-order chi connectivity index (χ0) is 24.1. The molecule has 0 radical (unpaired) electrons. The van der Waals surface area contributed by atoms with Crippen LogP contribution < -0.4 is 10.6 Å². The molecule has 9 heteroatoms. The minimum absolute atomic E-state index is 0.0706. The van der Waals surface area contributed by atoms with Crippen molar-refractivity contribution in [3.63, 3.8) is 0 Å². The van der Waals surface area contributed by atoms with Crippen LogP contribution in [-0.2, 0) is 11.3 Å². The maximum atomic E-state index is 13.4. The summed E-state index contributed by atoms with van der Waals surface area (Å²) in [7, 11) is 0. The molecule has 34 heavy (non-hydrogen) atoms. The normalized spacial score (nSPS) is 15.5. The topological polar surface area (TPSA) is 115 Å². The van der Waals surface area contributed by atoms with Gasteiger partial charge in [0.25, 0.3) is 5.91 Å². The van der Waals surface area contributed by atoms with E-state index in [1.807, 2.05) is 26.8 Å². The molecule has 0 unspecified atom stereocenters. The molecule has 0 saturated heterocycles. The molecular formula is C25H32N6O3. The van der Waals surface area contributed by atoms with Crippen molar-refractivity contribution in [1.82, 2.24) is 25.2 Å². The lowest BCUT2D eigenvalue weighted by Crippen LogP contribution is -2.48. The van der Waals surface area contributed by atoms with Crippen LogP contribution in [-0.4, -0.2) is 37.8 Å². The monoisotopic (exact) mass is 464 g/mol. The van der Waals surface area contributed by atoms with E-state index < -0.39 is 6.04 Å². The Balaban J connectivity index is 1.50. The van der Waals surface area contributed by atoms with E-state index in [4.69, 9.17) is 4.52 Å². The molecule has 0 aliphatic heterocycles. The van der Waals surface area contributed by atoms with Gasteiger partial charge in [-0.3, -0.25) is 14.3 Å². The van der Waals surface area contributed by atoms with Crippen molar-refractivity contribution < 1.29 is 14.1 Å². The van der Waals surface area contributed by atoms with Crippen molar-refractivity contribution in [1.29, 1.82) is 0 Å². The number of nitrogens with zero attached hydrogens (tertiary/aromatic N) is 4. The highest BCUT2D eigenvalue weighted by atomic mass is 16.5. The highest BCUT2D eigenvalue weighted by Gasteiger charge is 2.31. The molecule has 1 aliphatic rings. The molecule has 3 heterocycles. The third-order valence-corrected chi connectivity index (χ3v) is 6.47. The van der Waals surface area contributed by atoms with E-state index in [0.29, 0.717) is 18.1 Å². The largest absolute Gasteiger partial charge is 0.361 e. The Kier molecular flexibility index (Phi) is 7.40. The Morgan fingerprint density at radius 2 is 1.91 bits per heavy atom. The summed E-state index contributed by atoms with van der Waals surface area (Å²) in [4.78, 5) is 30.7. The number of hydrogen-bond donors (Lipinski definition) is 2. The fourth-order valence-electron chi connectivity index (χ4n) is 4.63. The first-order valence-corrected chi connectivity index (χ1v) is 12.0. The number of carbonyl (C=O) groups excluding carboxylic acids is 2. The first kappa shape index (κ1) is 23.7. The maximum absolute atomic E-state index is 13.4. The molecule has 0 spiro atoms. The molecule has 1 saturated carbocycles. The predicted molar refractivity (Wildman–Crippen MR) is 128 cm³/mol. The van der Waals surface area contributed by atoms with E-state index in [0.717, 1.165) is 61.1 Å². The average Bonchev–Trinajstić information content (AvgIpc) is 3.35. The first-order valence-electron chi connectivity index (χ1n) is 12.0. The van der Waals surface area contributed by atoms with Crippen molar-refractivity contribution in [3.05, 3.63) is 47.7 Å². The number of carbonyl (C=O) groups is 2. The number of anilines is 1. The van der Waals surface area contributed by atoms with E-state index in [-0.39, 0.29) is 17.7 Å². The van der Waals surface area contributed by atoms with Crippen molar-refractivity contribution in [2.45, 2.75) is 71.9 Å². The third-order valence-electron chi connectivity index (χ3n) is 6.47. The predicted octanol–water partition coefficient (Wildman–Crippen LogP) is 4.28. The molecule has 3 aromatic rings. The van der Waals surface area contributed by atoms with E-state index in [9.17, 15) is 9.59 Å². The van der Waals surface area contributed by atoms with Gasteiger partial charge in [-0.15, -0.1) is 0 Å². The number of pyridine rings is 1. The summed E-state index contributed by atoms with van der Waals surface area (Å²) < 4.78 is 6.94. The van der Waals surface area contributed by atoms with Crippen LogP contribution in [0.4, 0.5) is 5.82 Å². The average molecular weight is 465 g/mol. The summed E-state index contributed by atoms with van der Waals surface area (Å²) in [6, 6.07) is 4.66. The van der Waals surface area contributed by atoms with Crippen molar-refractivity contribution in [2.75, 3.05) is 5.32 Å². The van der Waals surface area contributed by atoms with E-state index in [1.54, 1.807) is 29.2 Å². The quantitative estimate of drug-likeness (QED) is 0.505. The molecule has 180 valence electrons. The zero-order valence-corrected chi connectivity index (χ0v) is 20.0. The molecular weight excluding hydrogens is 432 g/mol. The number of nitrogens with one attached hydrogen (secondary N) is 2. The molecule has 2 N–H and O–H groups in total. The Hall–Kier alpha value is -3.49. The van der Waals surface area contributed by atoms with E-state index >= 15 is 0 Å². The molecule has 0 bridgehead atoms. The first-order chi connectivity index (χ1) is 16.5. The summed E-state index contributed by atoms with van der Waals surface area (Å²) in [6.45, 7) is 6.37. The van der Waals surface area contributed by atoms with Gasteiger partial charge in [0.05, 0.1) is 5.69 Å². The van der Waals surface area contributed by atoms with Crippen LogP contribution in [0.15, 0.2) is 35.1 Å². The molecule has 1 aliphatic carbocycles. The molecule has 2 amide bonds. The molecule has 1 atom stereocenters. The number of amides is 2. The summed E-state index contributed by atoms with van der Waals surface area (Å²) in [6.07, 6.45) is 9.69. The summed E-state index contributed by atoms with van der Waals surface area (Å²) in [5.74, 6) is 0.633. The Morgan fingerprint density at radius 1 is 1.15 bits per heavy atom. The van der Waals surface area contributed by atoms with E-state index in [2.05, 4.69) is 25.9 Å². The SMILES string of the molecule is CCn1ccc(C(=O)N[C@H](C(=O)Nc2ccc(-c3c(C)noc3C)cn2)C2CCCCCC2)n1. The molecule has 0 aromatic carbocycles. The summed E-state index contributed by atoms with van der Waals surface area (Å²) in [5.41, 5.74) is 2.88. The summed E-state index contributed by atoms with van der Waals surface area (Å²) in [5, 5.41) is 14.1. The number of hydrogen-bond acceptors (Lipinski definition) is 6. The highest BCUT2D eigenvalue weighted by molar-refractivity contribution is 6.00.